The van der Waals surface area contributed by atoms with Crippen LogP contribution in [0.15, 0.2) is 15.7 Å². The molecular weight excluding hydrogens is 392 g/mol. The lowest BCUT2D eigenvalue weighted by molar-refractivity contribution is -0.133. The Kier molecular flexibility index (Phi) is 4.63. The normalized spacial score (nSPS) is 19.6. The van der Waals surface area contributed by atoms with Crippen molar-refractivity contribution in [2.24, 2.45) is 0 Å². The highest BCUT2D eigenvalue weighted by atomic mass is 32.1. The second-order valence-electron chi connectivity index (χ2n) is 8.07. The molecule has 29 heavy (non-hydrogen) atoms. The van der Waals surface area contributed by atoms with Crippen LogP contribution in [0.25, 0.3) is 11.5 Å². The molecule has 0 atom stereocenters. The third kappa shape index (κ3) is 3.34. The van der Waals surface area contributed by atoms with Crippen molar-refractivity contribution in [1.82, 2.24) is 10.1 Å². The summed E-state index contributed by atoms with van der Waals surface area (Å²) in [6.07, 6.45) is 4.06. The van der Waals surface area contributed by atoms with E-state index in [1.165, 1.54) is 4.88 Å². The van der Waals surface area contributed by atoms with Crippen molar-refractivity contribution in [2.45, 2.75) is 57.3 Å². The number of ketones is 1. The number of nitrogens with zero attached hydrogens (tertiary/aromatic N) is 2. The zero-order valence-electron chi connectivity index (χ0n) is 16.2. The SMILES string of the molecule is Cc1c(C2COC2)sc(CC(=O)C2=C(C(=O)O)CCC2)c1-c1nc(C2CC2)no1. The molecule has 3 heterocycles. The monoisotopic (exact) mass is 414 g/mol. The van der Waals surface area contributed by atoms with Crippen molar-refractivity contribution < 1.29 is 24.0 Å². The van der Waals surface area contributed by atoms with Crippen LogP contribution in [-0.2, 0) is 20.7 Å². The average Bonchev–Trinajstić information content (AvgIpc) is 3.06. The standard InChI is InChI=1S/C21H22N2O5S/c1-10-17(20-22-19(23-28-20)11-5-6-11)16(29-18(10)12-8-27-9-12)7-15(24)13-3-2-4-14(13)21(25)26/h11-12H,2-9H2,1H3,(H,25,26). The predicted molar refractivity (Wildman–Crippen MR) is 105 cm³/mol. The summed E-state index contributed by atoms with van der Waals surface area (Å²) in [4.78, 5) is 31.2. The zero-order valence-corrected chi connectivity index (χ0v) is 17.0. The van der Waals surface area contributed by atoms with E-state index < -0.39 is 5.97 Å². The Hall–Kier alpha value is -2.32. The maximum Gasteiger partial charge on any atom is 0.331 e. The summed E-state index contributed by atoms with van der Waals surface area (Å²) in [7, 11) is 0. The van der Waals surface area contributed by atoms with Crippen molar-refractivity contribution in [3.05, 3.63) is 32.3 Å². The summed E-state index contributed by atoms with van der Waals surface area (Å²) >= 11 is 1.60. The first-order valence-corrected chi connectivity index (χ1v) is 10.9. The van der Waals surface area contributed by atoms with Crippen LogP contribution in [0.2, 0.25) is 0 Å². The molecule has 152 valence electrons. The highest BCUT2D eigenvalue weighted by Gasteiger charge is 2.34. The van der Waals surface area contributed by atoms with Gasteiger partial charge in [0.2, 0.25) is 0 Å². The van der Waals surface area contributed by atoms with Crippen molar-refractivity contribution in [2.75, 3.05) is 13.2 Å². The van der Waals surface area contributed by atoms with Crippen molar-refractivity contribution >= 4 is 23.1 Å². The van der Waals surface area contributed by atoms with Crippen molar-refractivity contribution in [3.63, 3.8) is 0 Å². The first kappa shape index (κ1) is 18.7. The Balaban J connectivity index is 1.51. The molecule has 2 fully saturated rings. The molecule has 7 nitrogen and oxygen atoms in total. The maximum atomic E-state index is 13.0. The van der Waals surface area contributed by atoms with Crippen molar-refractivity contribution in [1.29, 1.82) is 0 Å². The lowest BCUT2D eigenvalue weighted by atomic mass is 9.97. The van der Waals surface area contributed by atoms with Gasteiger partial charge in [-0.25, -0.2) is 4.79 Å². The number of hydrogen-bond acceptors (Lipinski definition) is 7. The molecule has 1 aliphatic heterocycles. The first-order valence-electron chi connectivity index (χ1n) is 10.0. The summed E-state index contributed by atoms with van der Waals surface area (Å²) < 4.78 is 10.9. The highest BCUT2D eigenvalue weighted by Crippen LogP contribution is 2.44. The molecule has 2 aliphatic carbocycles. The van der Waals surface area contributed by atoms with Crippen LogP contribution in [0.5, 0.6) is 0 Å². The molecule has 5 rings (SSSR count). The topological polar surface area (TPSA) is 103 Å². The van der Waals surface area contributed by atoms with Crippen molar-refractivity contribution in [3.8, 4) is 11.5 Å². The second kappa shape index (κ2) is 7.18. The average molecular weight is 414 g/mol. The molecule has 1 saturated carbocycles. The number of aliphatic carboxylic acids is 1. The molecule has 0 spiro atoms. The number of aromatic nitrogens is 2. The van der Waals surface area contributed by atoms with E-state index in [2.05, 4.69) is 10.1 Å². The van der Waals surface area contributed by atoms with Gasteiger partial charge < -0.3 is 14.4 Å². The van der Waals surface area contributed by atoms with Gasteiger partial charge in [-0.05, 0) is 44.6 Å². The summed E-state index contributed by atoms with van der Waals surface area (Å²) in [5.74, 6) is 0.829. The van der Waals surface area contributed by atoms with E-state index >= 15 is 0 Å². The molecule has 8 heteroatoms. The third-order valence-corrected chi connectivity index (χ3v) is 7.45. The molecule has 1 N–H and O–H groups in total. The lowest BCUT2D eigenvalue weighted by Gasteiger charge is -2.25. The largest absolute Gasteiger partial charge is 0.478 e. The Labute approximate surface area is 171 Å². The van der Waals surface area contributed by atoms with Gasteiger partial charge in [-0.2, -0.15) is 4.98 Å². The minimum Gasteiger partial charge on any atom is -0.478 e. The number of ether oxygens (including phenoxy) is 1. The molecule has 0 aromatic carbocycles. The van der Waals surface area contributed by atoms with Crippen LogP contribution in [0.4, 0.5) is 0 Å². The van der Waals surface area contributed by atoms with Crippen LogP contribution < -0.4 is 0 Å². The number of allylic oxidation sites excluding steroid dienone is 1. The van der Waals surface area contributed by atoms with Crippen LogP contribution in [-0.4, -0.2) is 40.2 Å². The van der Waals surface area contributed by atoms with E-state index in [0.29, 0.717) is 49.4 Å². The van der Waals surface area contributed by atoms with E-state index in [-0.39, 0.29) is 17.8 Å². The second-order valence-corrected chi connectivity index (χ2v) is 9.21. The Morgan fingerprint density at radius 3 is 2.59 bits per heavy atom. The number of hydrogen-bond donors (Lipinski definition) is 1. The summed E-state index contributed by atoms with van der Waals surface area (Å²) in [6.45, 7) is 3.39. The minimum absolute atomic E-state index is 0.110. The van der Waals surface area contributed by atoms with Crippen LogP contribution >= 0.6 is 11.3 Å². The van der Waals surface area contributed by atoms with Gasteiger partial charge in [0, 0.05) is 39.2 Å². The fraction of sp³-hybridized carbons (Fsp3) is 0.524. The fourth-order valence-electron chi connectivity index (χ4n) is 4.16. The Morgan fingerprint density at radius 1 is 1.17 bits per heavy atom. The van der Waals surface area contributed by atoms with Gasteiger partial charge >= 0.3 is 5.97 Å². The number of thiophene rings is 1. The molecule has 2 aromatic rings. The minimum atomic E-state index is -0.980. The zero-order chi connectivity index (χ0) is 20.1. The predicted octanol–water partition coefficient (Wildman–Crippen LogP) is 3.77. The van der Waals surface area contributed by atoms with Gasteiger partial charge in [0.1, 0.15) is 0 Å². The highest BCUT2D eigenvalue weighted by molar-refractivity contribution is 7.13. The van der Waals surface area contributed by atoms with E-state index in [0.717, 1.165) is 41.1 Å². The molecule has 1 saturated heterocycles. The van der Waals surface area contributed by atoms with Crippen LogP contribution in [0.1, 0.15) is 65.1 Å². The van der Waals surface area contributed by atoms with E-state index in [1.54, 1.807) is 11.3 Å². The van der Waals surface area contributed by atoms with E-state index in [4.69, 9.17) is 9.26 Å². The van der Waals surface area contributed by atoms with E-state index in [1.807, 2.05) is 6.92 Å². The summed E-state index contributed by atoms with van der Waals surface area (Å²) in [5.41, 5.74) is 2.65. The van der Waals surface area contributed by atoms with Gasteiger partial charge in [0.25, 0.3) is 5.89 Å². The fourth-order valence-corrected chi connectivity index (χ4v) is 5.53. The maximum absolute atomic E-state index is 13.0. The molecular formula is C21H22N2O5S. The molecule has 0 bridgehead atoms. The molecule has 0 unspecified atom stereocenters. The van der Waals surface area contributed by atoms with E-state index in [9.17, 15) is 14.7 Å². The first-order chi connectivity index (χ1) is 14.0. The number of Topliss-reactive ketones (excluding diaryl/α,β-unsaturated/α-hetero) is 1. The van der Waals surface area contributed by atoms with Gasteiger partial charge in [-0.15, -0.1) is 11.3 Å². The van der Waals surface area contributed by atoms with Gasteiger partial charge in [-0.3, -0.25) is 4.79 Å². The number of rotatable bonds is 7. The smallest absolute Gasteiger partial charge is 0.331 e. The Morgan fingerprint density at radius 2 is 1.93 bits per heavy atom. The molecule has 0 radical (unpaired) electrons. The summed E-state index contributed by atoms with van der Waals surface area (Å²) in [6, 6.07) is 0. The lowest BCUT2D eigenvalue weighted by Crippen LogP contribution is -2.24. The van der Waals surface area contributed by atoms with Crippen LogP contribution in [0.3, 0.4) is 0 Å². The Bertz CT molecular complexity index is 1030. The number of carbonyl (C=O) groups is 2. The number of carbonyl (C=O) groups excluding carboxylic acids is 1. The summed E-state index contributed by atoms with van der Waals surface area (Å²) in [5, 5.41) is 13.5. The molecule has 3 aliphatic rings. The number of carboxylic acid groups (broad SMARTS) is 1. The van der Waals surface area contributed by atoms with Gasteiger partial charge in [0.05, 0.1) is 18.8 Å². The van der Waals surface area contributed by atoms with Gasteiger partial charge in [0.15, 0.2) is 11.6 Å². The quantitative estimate of drug-likeness (QED) is 0.735. The van der Waals surface area contributed by atoms with Gasteiger partial charge in [-0.1, -0.05) is 5.16 Å². The number of carboxylic acids is 1. The molecule has 0 amide bonds. The third-order valence-electron chi connectivity index (χ3n) is 6.00. The molecule has 2 aromatic heterocycles. The van der Waals surface area contributed by atoms with Crippen LogP contribution in [0, 0.1) is 6.92 Å².